The fraction of sp³-hybridized carbons (Fsp3) is 0.667. The third kappa shape index (κ3) is 6.96. The van der Waals surface area contributed by atoms with E-state index < -0.39 is 30.0 Å². The van der Waals surface area contributed by atoms with Gasteiger partial charge in [0.1, 0.15) is 29.1 Å². The highest BCUT2D eigenvalue weighted by Crippen LogP contribution is 2.37. The minimum atomic E-state index is -1.01. The number of ether oxygens (including phenoxy) is 1. The molecule has 0 saturated carbocycles. The van der Waals surface area contributed by atoms with Crippen molar-refractivity contribution in [3.8, 4) is 0 Å². The molecule has 0 saturated heterocycles. The van der Waals surface area contributed by atoms with Crippen molar-refractivity contribution in [2.24, 2.45) is 11.8 Å². The summed E-state index contributed by atoms with van der Waals surface area (Å²) in [5, 5.41) is 11.7. The molecule has 0 aromatic carbocycles. The first-order valence-electron chi connectivity index (χ1n) is 14.7. The molecule has 224 valence electrons. The molecule has 2 heterocycles. The zero-order chi connectivity index (χ0) is 30.6. The lowest BCUT2D eigenvalue weighted by Gasteiger charge is -2.35. The van der Waals surface area contributed by atoms with Crippen LogP contribution in [0.1, 0.15) is 131 Å². The Bertz CT molecular complexity index is 1300. The number of carbonyl (C=O) groups is 1. The van der Waals surface area contributed by atoms with Crippen LogP contribution in [0.15, 0.2) is 18.4 Å². The van der Waals surface area contributed by atoms with Gasteiger partial charge in [0, 0.05) is 52.8 Å². The number of aliphatic hydroxyl groups excluding tert-OH is 1. The molecule has 0 aliphatic rings. The molecule has 1 N–H and O–H groups in total. The van der Waals surface area contributed by atoms with Gasteiger partial charge in [-0.3, -0.25) is 14.4 Å². The van der Waals surface area contributed by atoms with Gasteiger partial charge in [-0.25, -0.2) is 0 Å². The molecule has 0 fully saturated rings. The Hall–Kier alpha value is -2.67. The molecule has 0 unspecified atom stereocenters. The third-order valence-electron chi connectivity index (χ3n) is 8.46. The summed E-state index contributed by atoms with van der Waals surface area (Å²) in [7, 11) is 0. The molecule has 2 aromatic rings. The third-order valence-corrected chi connectivity index (χ3v) is 8.46. The molecule has 2 aromatic heterocycles. The second-order valence-electron chi connectivity index (χ2n) is 12.0. The maximum Gasteiger partial charge on any atom is 0.306 e. The van der Waals surface area contributed by atoms with Gasteiger partial charge in [0.05, 0.1) is 12.0 Å². The maximum atomic E-state index is 13.2. The SMILES string of the molecule is CCc1oc([C@@H](C)[C@@H](O)[C@H](C)[C@@H](OC(=O)CC(C)C)[C@@H](C)c2oc([C@@H](C)CC)c(C)c(=O)c2C)c(C)c(=O)c1C. The van der Waals surface area contributed by atoms with E-state index in [-0.39, 0.29) is 35.1 Å². The highest BCUT2D eigenvalue weighted by Gasteiger charge is 2.39. The van der Waals surface area contributed by atoms with Crippen LogP contribution in [-0.2, 0) is 16.0 Å². The molecule has 0 aliphatic carbocycles. The average molecular weight is 559 g/mol. The lowest BCUT2D eigenvalue weighted by molar-refractivity contribution is -0.157. The lowest BCUT2D eigenvalue weighted by atomic mass is 9.80. The summed E-state index contributed by atoms with van der Waals surface area (Å²) in [6.45, 7) is 22.4. The highest BCUT2D eigenvalue weighted by atomic mass is 16.5. The highest BCUT2D eigenvalue weighted by molar-refractivity contribution is 5.70. The fourth-order valence-corrected chi connectivity index (χ4v) is 5.60. The van der Waals surface area contributed by atoms with E-state index in [0.29, 0.717) is 51.7 Å². The number of hydrogen-bond acceptors (Lipinski definition) is 7. The van der Waals surface area contributed by atoms with E-state index in [1.165, 1.54) is 0 Å². The molecule has 0 radical (unpaired) electrons. The van der Waals surface area contributed by atoms with Crippen molar-refractivity contribution in [2.45, 2.75) is 132 Å². The second kappa shape index (κ2) is 13.8. The second-order valence-corrected chi connectivity index (χ2v) is 12.0. The molecule has 0 bridgehead atoms. The monoisotopic (exact) mass is 558 g/mol. The van der Waals surface area contributed by atoms with Crippen molar-refractivity contribution in [1.29, 1.82) is 0 Å². The van der Waals surface area contributed by atoms with Crippen LogP contribution in [0.25, 0.3) is 0 Å². The van der Waals surface area contributed by atoms with Gasteiger partial charge >= 0.3 is 5.97 Å². The van der Waals surface area contributed by atoms with Crippen LogP contribution in [0.3, 0.4) is 0 Å². The smallest absolute Gasteiger partial charge is 0.306 e. The van der Waals surface area contributed by atoms with Crippen molar-refractivity contribution >= 4 is 5.97 Å². The van der Waals surface area contributed by atoms with Gasteiger partial charge in [-0.2, -0.15) is 0 Å². The predicted molar refractivity (Wildman–Crippen MR) is 158 cm³/mol. The minimum Gasteiger partial charge on any atom is -0.465 e. The first kappa shape index (κ1) is 33.5. The predicted octanol–water partition coefficient (Wildman–Crippen LogP) is 6.76. The van der Waals surface area contributed by atoms with Crippen molar-refractivity contribution in [1.82, 2.24) is 0 Å². The normalized spacial score (nSPS) is 16.4. The molecule has 0 amide bonds. The lowest BCUT2D eigenvalue weighted by Crippen LogP contribution is -2.40. The zero-order valence-corrected chi connectivity index (χ0v) is 26.6. The van der Waals surface area contributed by atoms with Crippen LogP contribution in [0.2, 0.25) is 0 Å². The largest absolute Gasteiger partial charge is 0.465 e. The molecule has 7 nitrogen and oxygen atoms in total. The summed E-state index contributed by atoms with van der Waals surface area (Å²) in [5.41, 5.74) is 1.94. The molecule has 0 spiro atoms. The fourth-order valence-electron chi connectivity index (χ4n) is 5.60. The van der Waals surface area contributed by atoms with Crippen LogP contribution < -0.4 is 10.9 Å². The van der Waals surface area contributed by atoms with Gasteiger partial charge in [0.25, 0.3) is 0 Å². The summed E-state index contributed by atoms with van der Waals surface area (Å²) in [6.07, 6.45) is -0.214. The summed E-state index contributed by atoms with van der Waals surface area (Å²) in [5.74, 6) is 0.262. The van der Waals surface area contributed by atoms with Crippen molar-refractivity contribution < 1.29 is 23.5 Å². The van der Waals surface area contributed by atoms with E-state index in [2.05, 4.69) is 0 Å². The molecule has 7 heteroatoms. The van der Waals surface area contributed by atoms with E-state index in [1.54, 1.807) is 27.7 Å². The van der Waals surface area contributed by atoms with Gasteiger partial charge in [0.2, 0.25) is 0 Å². The maximum absolute atomic E-state index is 13.2. The van der Waals surface area contributed by atoms with E-state index in [0.717, 1.165) is 6.42 Å². The Balaban J connectivity index is 2.62. The molecular formula is C33H50O7. The van der Waals surface area contributed by atoms with Crippen molar-refractivity contribution in [2.75, 3.05) is 0 Å². The Morgan fingerprint density at radius 3 is 1.77 bits per heavy atom. The van der Waals surface area contributed by atoms with E-state index in [4.69, 9.17) is 13.6 Å². The quantitative estimate of drug-likeness (QED) is 0.287. The standard InChI is InChI=1S/C33H50O7/c1-13-17(5)30-19(7)28(36)23(11)33(40-30)24(12)32(39-26(34)15-16(3)4)22(10)29(37)21(9)31-20(8)27(35)18(6)25(14-2)38-31/h16-17,21-22,24,29,32,37H,13-15H2,1-12H3/t17-,21-,22-,24+,29+,32+/m0/s1. The summed E-state index contributed by atoms with van der Waals surface area (Å²) in [4.78, 5) is 39.1. The molecule has 0 aliphatic heterocycles. The van der Waals surface area contributed by atoms with E-state index in [9.17, 15) is 19.5 Å². The number of aryl methyl sites for hydroxylation is 1. The molecule has 40 heavy (non-hydrogen) atoms. The number of esters is 1. The average Bonchev–Trinajstić information content (AvgIpc) is 2.91. The molecule has 6 atom stereocenters. The number of rotatable bonds is 12. The van der Waals surface area contributed by atoms with E-state index >= 15 is 0 Å². The van der Waals surface area contributed by atoms with Gasteiger partial charge in [-0.05, 0) is 40.0 Å². The van der Waals surface area contributed by atoms with Gasteiger partial charge in [-0.1, -0.05) is 55.4 Å². The Morgan fingerprint density at radius 2 is 1.27 bits per heavy atom. The van der Waals surface area contributed by atoms with Crippen molar-refractivity contribution in [3.05, 3.63) is 65.7 Å². The zero-order valence-electron chi connectivity index (χ0n) is 26.6. The number of hydrogen-bond donors (Lipinski definition) is 1. The first-order chi connectivity index (χ1) is 18.6. The Labute approximate surface area is 239 Å². The van der Waals surface area contributed by atoms with Crippen molar-refractivity contribution in [3.63, 3.8) is 0 Å². The summed E-state index contributed by atoms with van der Waals surface area (Å²) >= 11 is 0. The van der Waals surface area contributed by atoms with Crippen LogP contribution in [-0.4, -0.2) is 23.3 Å². The van der Waals surface area contributed by atoms with Gasteiger partial charge in [-0.15, -0.1) is 0 Å². The number of carbonyl (C=O) groups excluding carboxylic acids is 1. The Morgan fingerprint density at radius 1 is 0.775 bits per heavy atom. The first-order valence-corrected chi connectivity index (χ1v) is 14.7. The number of aliphatic hydroxyl groups is 1. The molecule has 2 rings (SSSR count). The molecular weight excluding hydrogens is 508 g/mol. The minimum absolute atomic E-state index is 0.0457. The van der Waals surface area contributed by atoms with E-state index in [1.807, 2.05) is 55.4 Å². The van der Waals surface area contributed by atoms with Crippen LogP contribution >= 0.6 is 0 Å². The Kier molecular flexibility index (Phi) is 11.6. The summed E-state index contributed by atoms with van der Waals surface area (Å²) < 4.78 is 18.6. The van der Waals surface area contributed by atoms with Crippen LogP contribution in [0, 0.1) is 39.5 Å². The summed E-state index contributed by atoms with van der Waals surface area (Å²) in [6, 6.07) is 0. The van der Waals surface area contributed by atoms with Gasteiger partial charge in [0.15, 0.2) is 10.9 Å². The topological polar surface area (TPSA) is 107 Å². The van der Waals surface area contributed by atoms with Gasteiger partial charge < -0.3 is 18.7 Å². The van der Waals surface area contributed by atoms with Crippen LogP contribution in [0.4, 0.5) is 0 Å². The van der Waals surface area contributed by atoms with Crippen LogP contribution in [0.5, 0.6) is 0 Å².